The Balaban J connectivity index is 1.56. The minimum absolute atomic E-state index is 0.289. The van der Waals surface area contributed by atoms with Crippen molar-refractivity contribution >= 4 is 17.5 Å². The number of anilines is 1. The third-order valence-electron chi connectivity index (χ3n) is 4.65. The molecule has 0 aromatic heterocycles. The molecular weight excluding hydrogens is 332 g/mol. The lowest BCUT2D eigenvalue weighted by Gasteiger charge is -2.20. The number of ether oxygens (including phenoxy) is 1. The van der Waals surface area contributed by atoms with E-state index in [9.17, 15) is 9.59 Å². The van der Waals surface area contributed by atoms with Crippen molar-refractivity contribution in [3.8, 4) is 5.75 Å². The van der Waals surface area contributed by atoms with Gasteiger partial charge in [-0.15, -0.1) is 0 Å². The highest BCUT2D eigenvalue weighted by atomic mass is 16.5. The van der Waals surface area contributed by atoms with Crippen molar-refractivity contribution in [2.45, 2.75) is 25.6 Å². The molecule has 0 radical (unpaired) electrons. The van der Waals surface area contributed by atoms with Gasteiger partial charge in [-0.1, -0.05) is 35.1 Å². The molecule has 7 heteroatoms. The Kier molecular flexibility index (Phi) is 3.91. The van der Waals surface area contributed by atoms with E-state index in [2.05, 4.69) is 10.3 Å². The summed E-state index contributed by atoms with van der Waals surface area (Å²) in [7, 11) is 1.61. The quantitative estimate of drug-likeness (QED) is 0.794. The van der Waals surface area contributed by atoms with Crippen LogP contribution in [0, 0.1) is 6.92 Å². The van der Waals surface area contributed by atoms with E-state index in [1.165, 1.54) is 4.90 Å². The molecule has 2 aromatic rings. The van der Waals surface area contributed by atoms with E-state index in [-0.39, 0.29) is 11.8 Å². The second-order valence-corrected chi connectivity index (χ2v) is 6.39. The van der Waals surface area contributed by atoms with E-state index in [1.807, 2.05) is 43.3 Å². The van der Waals surface area contributed by atoms with Gasteiger partial charge in [0.25, 0.3) is 11.8 Å². The zero-order valence-corrected chi connectivity index (χ0v) is 14.5. The molecule has 0 N–H and O–H groups in total. The molecule has 2 aliphatic rings. The first-order valence-corrected chi connectivity index (χ1v) is 8.33. The lowest BCUT2D eigenvalue weighted by atomic mass is 10.1. The van der Waals surface area contributed by atoms with Crippen LogP contribution >= 0.6 is 0 Å². The second-order valence-electron chi connectivity index (χ2n) is 6.39. The molecule has 7 nitrogen and oxygen atoms in total. The van der Waals surface area contributed by atoms with E-state index < -0.39 is 12.1 Å². The number of rotatable bonds is 4. The van der Waals surface area contributed by atoms with Crippen molar-refractivity contribution in [3.05, 3.63) is 59.7 Å². The second kappa shape index (κ2) is 6.25. The van der Waals surface area contributed by atoms with Crippen molar-refractivity contribution in [3.63, 3.8) is 0 Å². The molecule has 0 aliphatic carbocycles. The number of fused-ring (bicyclic) bond motifs is 1. The smallest absolute Gasteiger partial charge is 0.263 e. The minimum atomic E-state index is -0.776. The number of aryl methyl sites for hydroxylation is 1. The number of methoxy groups -OCH3 is 1. The number of hydrogen-bond donors (Lipinski definition) is 0. The molecule has 2 atom stereocenters. The van der Waals surface area contributed by atoms with Gasteiger partial charge in [0.15, 0.2) is 12.1 Å². The topological polar surface area (TPSA) is 74.6 Å². The molecule has 0 spiro atoms. The first-order valence-electron chi connectivity index (χ1n) is 8.33. The van der Waals surface area contributed by atoms with Crippen LogP contribution < -0.4 is 9.64 Å². The van der Waals surface area contributed by atoms with Crippen LogP contribution in [-0.4, -0.2) is 36.0 Å². The number of benzene rings is 2. The summed E-state index contributed by atoms with van der Waals surface area (Å²) in [4.78, 5) is 26.8. The van der Waals surface area contributed by atoms with Gasteiger partial charge in [0.2, 0.25) is 0 Å². The fourth-order valence-corrected chi connectivity index (χ4v) is 3.22. The lowest BCUT2D eigenvalue weighted by Crippen LogP contribution is -2.39. The van der Waals surface area contributed by atoms with E-state index in [4.69, 9.17) is 4.74 Å². The van der Waals surface area contributed by atoms with Crippen molar-refractivity contribution in [2.24, 2.45) is 10.3 Å². The molecule has 1 fully saturated rings. The Morgan fingerprint density at radius 3 is 2.35 bits per heavy atom. The monoisotopic (exact) mass is 350 g/mol. The third kappa shape index (κ3) is 2.61. The normalized spacial score (nSPS) is 21.5. The molecule has 132 valence electrons. The van der Waals surface area contributed by atoms with Crippen LogP contribution in [0.1, 0.15) is 11.1 Å². The van der Waals surface area contributed by atoms with Crippen molar-refractivity contribution in [2.75, 3.05) is 12.0 Å². The molecule has 0 bridgehead atoms. The van der Waals surface area contributed by atoms with Crippen LogP contribution in [0.3, 0.4) is 0 Å². The molecule has 2 heterocycles. The Hall–Kier alpha value is -3.22. The van der Waals surface area contributed by atoms with Crippen LogP contribution in [0.15, 0.2) is 58.9 Å². The summed E-state index contributed by atoms with van der Waals surface area (Å²) in [5.41, 5.74) is 2.59. The van der Waals surface area contributed by atoms with Crippen molar-refractivity contribution in [1.29, 1.82) is 0 Å². The summed E-state index contributed by atoms with van der Waals surface area (Å²) in [6.45, 7) is 2.35. The van der Waals surface area contributed by atoms with E-state index in [0.717, 1.165) is 16.9 Å². The minimum Gasteiger partial charge on any atom is -0.497 e. The first-order chi connectivity index (χ1) is 12.6. The fraction of sp³-hybridized carbons (Fsp3) is 0.263. The highest BCUT2D eigenvalue weighted by Crippen LogP contribution is 2.32. The van der Waals surface area contributed by atoms with Crippen LogP contribution in [0.2, 0.25) is 0 Å². The summed E-state index contributed by atoms with van der Waals surface area (Å²) >= 11 is 0. The van der Waals surface area contributed by atoms with Gasteiger partial charge < -0.3 is 4.74 Å². The number of carbonyl (C=O) groups is 2. The van der Waals surface area contributed by atoms with Gasteiger partial charge in [-0.25, -0.2) is 4.90 Å². The predicted octanol–water partition coefficient (Wildman–Crippen LogP) is 2.50. The number of amides is 2. The number of hydrogen-bond acceptors (Lipinski definition) is 6. The zero-order chi connectivity index (χ0) is 18.3. The van der Waals surface area contributed by atoms with Gasteiger partial charge in [-0.2, -0.15) is 5.11 Å². The molecule has 1 saturated heterocycles. The highest BCUT2D eigenvalue weighted by Gasteiger charge is 2.54. The van der Waals surface area contributed by atoms with E-state index in [1.54, 1.807) is 24.3 Å². The first kappa shape index (κ1) is 16.3. The van der Waals surface area contributed by atoms with Gasteiger partial charge in [-0.05, 0) is 36.8 Å². The lowest BCUT2D eigenvalue weighted by molar-refractivity contribution is -0.123. The van der Waals surface area contributed by atoms with Gasteiger partial charge in [-0.3, -0.25) is 14.6 Å². The Morgan fingerprint density at radius 2 is 1.69 bits per heavy atom. The maximum Gasteiger partial charge on any atom is 0.263 e. The molecule has 4 rings (SSSR count). The average molecular weight is 350 g/mol. The zero-order valence-electron chi connectivity index (χ0n) is 14.5. The molecule has 0 saturated carbocycles. The summed E-state index contributed by atoms with van der Waals surface area (Å²) in [5.74, 6) is 0.138. The van der Waals surface area contributed by atoms with Crippen LogP contribution in [0.25, 0.3) is 0 Å². The molecule has 2 aliphatic heterocycles. The standard InChI is InChI=1S/C19H18N4O3/c1-12-3-7-14(8-4-12)23-18(24)16-17(19(23)25)22(21-20-16)11-13-5-9-15(26-2)10-6-13/h3-10,16-17H,11H2,1-2H3/t16-,17+/m0/s1. The van der Waals surface area contributed by atoms with Gasteiger partial charge in [0, 0.05) is 0 Å². The summed E-state index contributed by atoms with van der Waals surface area (Å²) in [6.07, 6.45) is 0. The largest absolute Gasteiger partial charge is 0.497 e. The maximum atomic E-state index is 12.9. The fourth-order valence-electron chi connectivity index (χ4n) is 3.22. The van der Waals surface area contributed by atoms with E-state index >= 15 is 0 Å². The number of carbonyl (C=O) groups excluding carboxylic acids is 2. The van der Waals surface area contributed by atoms with Crippen LogP contribution in [-0.2, 0) is 16.1 Å². The molecular formula is C19H18N4O3. The summed E-state index contributed by atoms with van der Waals surface area (Å²) in [6, 6.07) is 13.3. The Morgan fingerprint density at radius 1 is 1.00 bits per heavy atom. The van der Waals surface area contributed by atoms with Gasteiger partial charge in [0.05, 0.1) is 19.3 Å². The molecule has 0 unspecified atom stereocenters. The molecule has 2 amide bonds. The maximum absolute atomic E-state index is 12.9. The third-order valence-corrected chi connectivity index (χ3v) is 4.65. The summed E-state index contributed by atoms with van der Waals surface area (Å²) in [5, 5.41) is 9.69. The highest BCUT2D eigenvalue weighted by molar-refractivity contribution is 6.25. The Bertz CT molecular complexity index is 877. The van der Waals surface area contributed by atoms with Gasteiger partial charge in [0.1, 0.15) is 5.75 Å². The Labute approximate surface area is 150 Å². The average Bonchev–Trinajstić information content (AvgIpc) is 3.17. The van der Waals surface area contributed by atoms with E-state index in [0.29, 0.717) is 12.2 Å². The van der Waals surface area contributed by atoms with Crippen LogP contribution in [0.5, 0.6) is 5.75 Å². The summed E-state index contributed by atoms with van der Waals surface area (Å²) < 4.78 is 5.15. The molecule has 2 aromatic carbocycles. The SMILES string of the molecule is COc1ccc(CN2N=N[C@@H]3C(=O)N(c4ccc(C)cc4)C(=O)[C@@H]32)cc1. The van der Waals surface area contributed by atoms with Crippen molar-refractivity contribution < 1.29 is 14.3 Å². The van der Waals surface area contributed by atoms with Gasteiger partial charge >= 0.3 is 0 Å². The van der Waals surface area contributed by atoms with Crippen LogP contribution in [0.4, 0.5) is 5.69 Å². The molecule has 26 heavy (non-hydrogen) atoms. The van der Waals surface area contributed by atoms with Crippen molar-refractivity contribution in [1.82, 2.24) is 5.01 Å². The number of imide groups is 1. The predicted molar refractivity (Wildman–Crippen MR) is 94.6 cm³/mol. The number of nitrogens with zero attached hydrogens (tertiary/aromatic N) is 4.